The van der Waals surface area contributed by atoms with Crippen LogP contribution in [0.5, 0.6) is 0 Å². The fraction of sp³-hybridized carbons (Fsp3) is 0.625. The summed E-state index contributed by atoms with van der Waals surface area (Å²) in [6.07, 6.45) is 1.19. The summed E-state index contributed by atoms with van der Waals surface area (Å²) in [5.41, 5.74) is 0.903. The third kappa shape index (κ3) is 8.59. The van der Waals surface area contributed by atoms with Crippen molar-refractivity contribution >= 4 is 5.96 Å². The third-order valence-corrected chi connectivity index (χ3v) is 2.74. The molecule has 124 valence electrons. The van der Waals surface area contributed by atoms with Gasteiger partial charge in [0.1, 0.15) is 0 Å². The number of hydrogen-bond acceptors (Lipinski definition) is 4. The molecule has 1 atom stereocenters. The first-order chi connectivity index (χ1) is 10.6. The molecular formula is C16H28N4O2. The highest BCUT2D eigenvalue weighted by atomic mass is 16.5. The van der Waals surface area contributed by atoms with E-state index in [4.69, 9.17) is 4.74 Å². The van der Waals surface area contributed by atoms with Crippen molar-refractivity contribution in [3.63, 3.8) is 0 Å². The number of nitrogens with zero attached hydrogens (tertiary/aromatic N) is 2. The van der Waals surface area contributed by atoms with Crippen LogP contribution in [-0.2, 0) is 11.3 Å². The quantitative estimate of drug-likeness (QED) is 0.471. The summed E-state index contributed by atoms with van der Waals surface area (Å²) in [6.45, 7) is 8.79. The number of nitrogens with one attached hydrogen (secondary N) is 2. The Balaban J connectivity index is 2.36. The van der Waals surface area contributed by atoms with Crippen molar-refractivity contribution in [1.82, 2.24) is 15.6 Å². The minimum Gasteiger partial charge on any atom is -0.389 e. The molecule has 22 heavy (non-hydrogen) atoms. The van der Waals surface area contributed by atoms with Crippen molar-refractivity contribution in [2.45, 2.75) is 33.4 Å². The maximum Gasteiger partial charge on any atom is 0.191 e. The number of guanidine groups is 1. The normalized spacial score (nSPS) is 13.2. The monoisotopic (exact) mass is 308 g/mol. The summed E-state index contributed by atoms with van der Waals surface area (Å²) in [6, 6.07) is 5.75. The Hall–Kier alpha value is -1.66. The predicted octanol–water partition coefficient (Wildman–Crippen LogP) is 1.17. The minimum atomic E-state index is -0.558. The molecule has 0 saturated heterocycles. The zero-order chi connectivity index (χ0) is 16.2. The number of hydrogen-bond donors (Lipinski definition) is 3. The van der Waals surface area contributed by atoms with E-state index < -0.39 is 6.10 Å². The molecular weight excluding hydrogens is 280 g/mol. The highest BCUT2D eigenvalue weighted by molar-refractivity contribution is 5.79. The van der Waals surface area contributed by atoms with Crippen molar-refractivity contribution in [2.75, 3.05) is 26.3 Å². The second kappa shape index (κ2) is 11.0. The predicted molar refractivity (Wildman–Crippen MR) is 88.7 cm³/mol. The first-order valence-corrected chi connectivity index (χ1v) is 7.79. The fourth-order valence-corrected chi connectivity index (χ4v) is 1.71. The van der Waals surface area contributed by atoms with Crippen LogP contribution in [0, 0.1) is 5.92 Å². The Labute approximate surface area is 133 Å². The fourth-order valence-electron chi connectivity index (χ4n) is 1.71. The van der Waals surface area contributed by atoms with Crippen LogP contribution in [0.3, 0.4) is 0 Å². The average molecular weight is 308 g/mol. The molecule has 1 heterocycles. The smallest absolute Gasteiger partial charge is 0.191 e. The van der Waals surface area contributed by atoms with Gasteiger partial charge in [0.05, 0.1) is 24.9 Å². The summed E-state index contributed by atoms with van der Waals surface area (Å²) in [5, 5.41) is 16.1. The van der Waals surface area contributed by atoms with Gasteiger partial charge in [0.15, 0.2) is 5.96 Å². The van der Waals surface area contributed by atoms with Gasteiger partial charge >= 0.3 is 0 Å². The highest BCUT2D eigenvalue weighted by Crippen LogP contribution is 1.96. The van der Waals surface area contributed by atoms with E-state index in [2.05, 4.69) is 34.5 Å². The van der Waals surface area contributed by atoms with Crippen LogP contribution in [0.1, 0.15) is 26.5 Å². The second-order valence-corrected chi connectivity index (χ2v) is 5.48. The van der Waals surface area contributed by atoms with Crippen LogP contribution < -0.4 is 10.6 Å². The standard InChI is InChI=1S/C16H28N4O2/c1-4-17-16(19-9-14-7-5-6-8-18-14)20-10-15(21)12-22-11-13(2)3/h5-8,13,15,21H,4,9-12H2,1-3H3,(H2,17,19,20). The van der Waals surface area contributed by atoms with Gasteiger partial charge in [-0.05, 0) is 25.0 Å². The van der Waals surface area contributed by atoms with Crippen LogP contribution in [0.15, 0.2) is 29.4 Å². The Bertz CT molecular complexity index is 423. The van der Waals surface area contributed by atoms with E-state index in [1.165, 1.54) is 0 Å². The van der Waals surface area contributed by atoms with Crippen molar-refractivity contribution in [3.8, 4) is 0 Å². The van der Waals surface area contributed by atoms with Gasteiger partial charge in [-0.15, -0.1) is 0 Å². The summed E-state index contributed by atoms with van der Waals surface area (Å²) >= 11 is 0. The van der Waals surface area contributed by atoms with E-state index in [0.717, 1.165) is 12.2 Å². The number of ether oxygens (including phenoxy) is 1. The zero-order valence-corrected chi connectivity index (χ0v) is 13.7. The molecule has 0 radical (unpaired) electrons. The Morgan fingerprint density at radius 2 is 2.14 bits per heavy atom. The second-order valence-electron chi connectivity index (χ2n) is 5.48. The summed E-state index contributed by atoms with van der Waals surface area (Å²) in [4.78, 5) is 8.68. The van der Waals surface area contributed by atoms with Gasteiger partial charge < -0.3 is 20.5 Å². The Morgan fingerprint density at radius 1 is 1.32 bits per heavy atom. The van der Waals surface area contributed by atoms with Gasteiger partial charge in [-0.25, -0.2) is 4.99 Å². The molecule has 1 rings (SSSR count). The molecule has 0 aliphatic rings. The third-order valence-electron chi connectivity index (χ3n) is 2.74. The molecule has 1 aromatic heterocycles. The van der Waals surface area contributed by atoms with E-state index in [9.17, 15) is 5.11 Å². The minimum absolute atomic E-state index is 0.324. The number of rotatable bonds is 9. The number of pyridine rings is 1. The van der Waals surface area contributed by atoms with Gasteiger partial charge in [0, 0.05) is 25.9 Å². The molecule has 3 N–H and O–H groups in total. The zero-order valence-electron chi connectivity index (χ0n) is 13.7. The lowest BCUT2D eigenvalue weighted by molar-refractivity contribution is 0.0280. The summed E-state index contributed by atoms with van der Waals surface area (Å²) in [5.74, 6) is 1.13. The molecule has 0 aromatic carbocycles. The van der Waals surface area contributed by atoms with Gasteiger partial charge in [-0.2, -0.15) is 0 Å². The first-order valence-electron chi connectivity index (χ1n) is 7.79. The lowest BCUT2D eigenvalue weighted by atomic mass is 10.2. The van der Waals surface area contributed by atoms with Crippen LogP contribution >= 0.6 is 0 Å². The highest BCUT2D eigenvalue weighted by Gasteiger charge is 2.06. The van der Waals surface area contributed by atoms with Crippen molar-refractivity contribution in [2.24, 2.45) is 10.9 Å². The maximum absolute atomic E-state index is 9.88. The van der Waals surface area contributed by atoms with E-state index in [1.807, 2.05) is 25.1 Å². The number of aliphatic imine (C=N–C) groups is 1. The molecule has 0 spiro atoms. The van der Waals surface area contributed by atoms with E-state index >= 15 is 0 Å². The molecule has 0 aliphatic heterocycles. The maximum atomic E-state index is 9.88. The molecule has 1 unspecified atom stereocenters. The molecule has 0 fully saturated rings. The van der Waals surface area contributed by atoms with Crippen molar-refractivity contribution in [1.29, 1.82) is 0 Å². The summed E-state index contributed by atoms with van der Waals surface area (Å²) in [7, 11) is 0. The van der Waals surface area contributed by atoms with Crippen molar-refractivity contribution < 1.29 is 9.84 Å². The molecule has 0 bridgehead atoms. The Morgan fingerprint density at radius 3 is 2.77 bits per heavy atom. The van der Waals surface area contributed by atoms with Gasteiger partial charge in [0.2, 0.25) is 0 Å². The molecule has 0 saturated carbocycles. The lowest BCUT2D eigenvalue weighted by Crippen LogP contribution is -2.42. The van der Waals surface area contributed by atoms with Crippen LogP contribution in [0.4, 0.5) is 0 Å². The number of aromatic nitrogens is 1. The van der Waals surface area contributed by atoms with Crippen LogP contribution in [0.2, 0.25) is 0 Å². The van der Waals surface area contributed by atoms with Gasteiger partial charge in [-0.3, -0.25) is 4.98 Å². The first kappa shape index (κ1) is 18.4. The molecule has 1 aromatic rings. The number of aliphatic hydroxyl groups is 1. The summed E-state index contributed by atoms with van der Waals surface area (Å²) < 4.78 is 5.42. The molecule has 6 nitrogen and oxygen atoms in total. The van der Waals surface area contributed by atoms with Crippen LogP contribution in [0.25, 0.3) is 0 Å². The SMILES string of the molecule is CCNC(=NCc1ccccn1)NCC(O)COCC(C)C. The average Bonchev–Trinajstić information content (AvgIpc) is 2.50. The largest absolute Gasteiger partial charge is 0.389 e. The van der Waals surface area contributed by atoms with E-state index in [-0.39, 0.29) is 0 Å². The van der Waals surface area contributed by atoms with Gasteiger partial charge in [-0.1, -0.05) is 19.9 Å². The lowest BCUT2D eigenvalue weighted by Gasteiger charge is -2.16. The van der Waals surface area contributed by atoms with Crippen molar-refractivity contribution in [3.05, 3.63) is 30.1 Å². The topological polar surface area (TPSA) is 78.8 Å². The molecule has 6 heteroatoms. The number of aliphatic hydroxyl groups excluding tert-OH is 1. The van der Waals surface area contributed by atoms with Gasteiger partial charge in [0.25, 0.3) is 0 Å². The Kier molecular flexibility index (Phi) is 9.18. The van der Waals surface area contributed by atoms with E-state index in [1.54, 1.807) is 6.20 Å². The molecule has 0 aliphatic carbocycles. The molecule has 0 amide bonds. The van der Waals surface area contributed by atoms with E-state index in [0.29, 0.717) is 38.2 Å². The van der Waals surface area contributed by atoms with Crippen LogP contribution in [-0.4, -0.2) is 48.5 Å².